The molecule has 1 atom stereocenters. The van der Waals surface area contributed by atoms with Gasteiger partial charge < -0.3 is 5.11 Å². The number of hydrogen-bond acceptors (Lipinski definition) is 1. The lowest BCUT2D eigenvalue weighted by Gasteiger charge is -2.14. The van der Waals surface area contributed by atoms with Crippen LogP contribution in [0.15, 0.2) is 0 Å². The first kappa shape index (κ1) is 9.52. The van der Waals surface area contributed by atoms with Gasteiger partial charge >= 0.3 is 0 Å². The Labute approximate surface area is 63.5 Å². The highest BCUT2D eigenvalue weighted by atomic mass is 16.3. The zero-order chi connectivity index (χ0) is 8.04. The second kappa shape index (κ2) is 4.35. The largest absolute Gasteiger partial charge is 0.378 e. The van der Waals surface area contributed by atoms with Gasteiger partial charge in [0.05, 0.1) is 0 Å². The number of unbranched alkanes of at least 4 members (excludes halogenated alkanes) is 1. The molecule has 1 N–H and O–H groups in total. The number of hydrogen-bond donors (Lipinski definition) is 1. The maximum Gasteiger partial charge on any atom is 0.122 e. The molecule has 0 aromatic rings. The minimum Gasteiger partial charge on any atom is -0.378 e. The summed E-state index contributed by atoms with van der Waals surface area (Å²) in [7, 11) is 0. The van der Waals surface area contributed by atoms with E-state index in [4.69, 9.17) is 0 Å². The van der Waals surface area contributed by atoms with Gasteiger partial charge in [-0.3, -0.25) is 0 Å². The van der Waals surface area contributed by atoms with Gasteiger partial charge in [0.15, 0.2) is 0 Å². The Bertz CT molecular complexity index is 137. The second-order valence-corrected chi connectivity index (χ2v) is 2.75. The standard InChI is InChI=1S/C9H16O/c1-4-6-8-9(3,10)7-5-2/h10H,4,6,8H2,1-3H3. The Hall–Kier alpha value is -0.480. The molecule has 0 fully saturated rings. The molecule has 0 aliphatic carbocycles. The summed E-state index contributed by atoms with van der Waals surface area (Å²) in [5, 5.41) is 9.47. The molecule has 0 saturated heterocycles. The SMILES string of the molecule is CC#CC(C)(O)CCCC. The molecule has 0 bridgehead atoms. The van der Waals surface area contributed by atoms with Gasteiger partial charge in [-0.25, -0.2) is 0 Å². The van der Waals surface area contributed by atoms with Crippen molar-refractivity contribution >= 4 is 0 Å². The van der Waals surface area contributed by atoms with Gasteiger partial charge in [-0.05, 0) is 26.7 Å². The van der Waals surface area contributed by atoms with E-state index in [0.29, 0.717) is 0 Å². The summed E-state index contributed by atoms with van der Waals surface area (Å²) in [6.07, 6.45) is 2.94. The molecule has 0 aromatic heterocycles. The predicted molar refractivity (Wildman–Crippen MR) is 43.6 cm³/mol. The molecule has 0 amide bonds. The summed E-state index contributed by atoms with van der Waals surface area (Å²) >= 11 is 0. The van der Waals surface area contributed by atoms with E-state index >= 15 is 0 Å². The monoisotopic (exact) mass is 140 g/mol. The van der Waals surface area contributed by atoms with Crippen LogP contribution in [-0.4, -0.2) is 10.7 Å². The van der Waals surface area contributed by atoms with Crippen molar-refractivity contribution in [2.45, 2.75) is 45.6 Å². The van der Waals surface area contributed by atoms with Crippen LogP contribution in [0.1, 0.15) is 40.0 Å². The summed E-state index contributed by atoms with van der Waals surface area (Å²) in [6.45, 7) is 5.62. The maximum absolute atomic E-state index is 9.47. The molecule has 10 heavy (non-hydrogen) atoms. The van der Waals surface area contributed by atoms with Crippen LogP contribution in [-0.2, 0) is 0 Å². The molecule has 0 heterocycles. The third-order valence-corrected chi connectivity index (χ3v) is 1.41. The van der Waals surface area contributed by atoms with Crippen molar-refractivity contribution in [3.63, 3.8) is 0 Å². The Morgan fingerprint density at radius 2 is 2.10 bits per heavy atom. The fraction of sp³-hybridized carbons (Fsp3) is 0.778. The van der Waals surface area contributed by atoms with Crippen molar-refractivity contribution in [3.05, 3.63) is 0 Å². The molecular formula is C9H16O. The summed E-state index contributed by atoms with van der Waals surface area (Å²) < 4.78 is 0. The highest BCUT2D eigenvalue weighted by Crippen LogP contribution is 2.11. The summed E-state index contributed by atoms with van der Waals surface area (Å²) in [4.78, 5) is 0. The smallest absolute Gasteiger partial charge is 0.122 e. The molecule has 58 valence electrons. The van der Waals surface area contributed by atoms with Crippen molar-refractivity contribution in [1.82, 2.24) is 0 Å². The van der Waals surface area contributed by atoms with Gasteiger partial charge in [0, 0.05) is 0 Å². The second-order valence-electron chi connectivity index (χ2n) is 2.75. The highest BCUT2D eigenvalue weighted by Gasteiger charge is 2.14. The minimum absolute atomic E-state index is 0.759. The van der Waals surface area contributed by atoms with E-state index in [-0.39, 0.29) is 0 Å². The summed E-state index contributed by atoms with van der Waals surface area (Å²) in [5.41, 5.74) is -0.759. The quantitative estimate of drug-likeness (QED) is 0.594. The first-order valence-corrected chi connectivity index (χ1v) is 3.78. The molecule has 1 nitrogen and oxygen atoms in total. The molecule has 0 aliphatic rings. The van der Waals surface area contributed by atoms with Crippen LogP contribution in [0.3, 0.4) is 0 Å². The van der Waals surface area contributed by atoms with E-state index in [1.165, 1.54) is 0 Å². The molecule has 0 spiro atoms. The van der Waals surface area contributed by atoms with Crippen LogP contribution in [0.2, 0.25) is 0 Å². The lowest BCUT2D eigenvalue weighted by atomic mass is 10.0. The van der Waals surface area contributed by atoms with Crippen molar-refractivity contribution in [1.29, 1.82) is 0 Å². The Morgan fingerprint density at radius 3 is 2.50 bits per heavy atom. The fourth-order valence-electron chi connectivity index (χ4n) is 0.853. The topological polar surface area (TPSA) is 20.2 Å². The zero-order valence-electron chi connectivity index (χ0n) is 7.07. The molecule has 1 heteroatoms. The van der Waals surface area contributed by atoms with Crippen LogP contribution in [0.25, 0.3) is 0 Å². The van der Waals surface area contributed by atoms with Gasteiger partial charge in [-0.2, -0.15) is 0 Å². The first-order chi connectivity index (χ1) is 4.62. The lowest BCUT2D eigenvalue weighted by Crippen LogP contribution is -2.20. The van der Waals surface area contributed by atoms with Crippen molar-refractivity contribution < 1.29 is 5.11 Å². The van der Waals surface area contributed by atoms with Crippen LogP contribution >= 0.6 is 0 Å². The zero-order valence-corrected chi connectivity index (χ0v) is 7.07. The van der Waals surface area contributed by atoms with E-state index in [0.717, 1.165) is 19.3 Å². The van der Waals surface area contributed by atoms with Crippen LogP contribution in [0, 0.1) is 11.8 Å². The lowest BCUT2D eigenvalue weighted by molar-refractivity contribution is 0.109. The maximum atomic E-state index is 9.47. The van der Waals surface area contributed by atoms with Gasteiger partial charge in [-0.15, -0.1) is 5.92 Å². The van der Waals surface area contributed by atoms with Crippen molar-refractivity contribution in [3.8, 4) is 11.8 Å². The minimum atomic E-state index is -0.759. The van der Waals surface area contributed by atoms with Gasteiger partial charge in [0.2, 0.25) is 0 Å². The molecule has 0 aromatic carbocycles. The molecular weight excluding hydrogens is 124 g/mol. The van der Waals surface area contributed by atoms with E-state index in [1.807, 2.05) is 0 Å². The van der Waals surface area contributed by atoms with Gasteiger partial charge in [0.25, 0.3) is 0 Å². The van der Waals surface area contributed by atoms with Crippen molar-refractivity contribution in [2.24, 2.45) is 0 Å². The van der Waals surface area contributed by atoms with E-state index in [9.17, 15) is 5.11 Å². The highest BCUT2D eigenvalue weighted by molar-refractivity contribution is 5.09. The van der Waals surface area contributed by atoms with Gasteiger partial charge in [-0.1, -0.05) is 19.3 Å². The van der Waals surface area contributed by atoms with Crippen LogP contribution < -0.4 is 0 Å². The summed E-state index contributed by atoms with van der Waals surface area (Å²) in [6, 6.07) is 0. The molecule has 0 saturated carbocycles. The normalized spacial score (nSPS) is 15.2. The number of aliphatic hydroxyl groups is 1. The number of rotatable bonds is 3. The Kier molecular flexibility index (Phi) is 4.14. The Morgan fingerprint density at radius 1 is 1.50 bits per heavy atom. The molecule has 0 aliphatic heterocycles. The van der Waals surface area contributed by atoms with Crippen molar-refractivity contribution in [2.75, 3.05) is 0 Å². The van der Waals surface area contributed by atoms with E-state index in [1.54, 1.807) is 13.8 Å². The predicted octanol–water partition coefficient (Wildman–Crippen LogP) is 1.95. The molecule has 0 rings (SSSR count). The van der Waals surface area contributed by atoms with E-state index < -0.39 is 5.60 Å². The average molecular weight is 140 g/mol. The average Bonchev–Trinajstić information content (AvgIpc) is 1.84. The van der Waals surface area contributed by atoms with Crippen LogP contribution in [0.5, 0.6) is 0 Å². The Balaban J connectivity index is 3.71. The third-order valence-electron chi connectivity index (χ3n) is 1.41. The first-order valence-electron chi connectivity index (χ1n) is 3.78. The van der Waals surface area contributed by atoms with E-state index in [2.05, 4.69) is 18.8 Å². The van der Waals surface area contributed by atoms with Crippen LogP contribution in [0.4, 0.5) is 0 Å². The molecule has 0 radical (unpaired) electrons. The summed E-state index contributed by atoms with van der Waals surface area (Å²) in [5.74, 6) is 5.48. The fourth-order valence-corrected chi connectivity index (χ4v) is 0.853. The van der Waals surface area contributed by atoms with Gasteiger partial charge in [0.1, 0.15) is 5.60 Å². The molecule has 1 unspecified atom stereocenters. The third kappa shape index (κ3) is 4.40.